The fourth-order valence-electron chi connectivity index (χ4n) is 3.93. The molecular formula is C26H31I2NO4. The zero-order chi connectivity index (χ0) is 24.0. The standard InChI is InChI=1S/C26H31I2NO4/c1-5-10-22(31-4)26-23(18-11-8-9-12-21(18)33-26)24(30)17-15-19(27)25(20(28)16-17)32-14-13-29(6-2)7-3/h8-9,11-12,15-16,22H,5-7,10,13-14H2,1-4H3/t22-/m0/s1. The maximum atomic E-state index is 13.8. The van der Waals surface area contributed by atoms with Crippen molar-refractivity contribution in [2.24, 2.45) is 0 Å². The average molecular weight is 675 g/mol. The van der Waals surface area contributed by atoms with E-state index in [9.17, 15) is 4.79 Å². The summed E-state index contributed by atoms with van der Waals surface area (Å²) in [6.07, 6.45) is 1.45. The molecule has 0 aliphatic heterocycles. The van der Waals surface area contributed by atoms with Crippen LogP contribution in [0.5, 0.6) is 5.75 Å². The Balaban J connectivity index is 1.95. The molecule has 0 unspecified atom stereocenters. The third-order valence-corrected chi connectivity index (χ3v) is 7.39. The monoisotopic (exact) mass is 675 g/mol. The number of furan rings is 1. The molecule has 178 valence electrons. The quantitative estimate of drug-likeness (QED) is 0.152. The summed E-state index contributed by atoms with van der Waals surface area (Å²) in [7, 11) is 1.66. The second-order valence-corrected chi connectivity index (χ2v) is 10.1. The number of hydrogen-bond donors (Lipinski definition) is 0. The number of nitrogens with zero attached hydrogens (tertiary/aromatic N) is 1. The van der Waals surface area contributed by atoms with Crippen LogP contribution in [0.3, 0.4) is 0 Å². The lowest BCUT2D eigenvalue weighted by Crippen LogP contribution is -2.28. The van der Waals surface area contributed by atoms with Gasteiger partial charge in [-0.1, -0.05) is 45.4 Å². The number of carbonyl (C=O) groups excluding carboxylic acids is 1. The number of rotatable bonds is 12. The van der Waals surface area contributed by atoms with Crippen molar-refractivity contribution in [2.75, 3.05) is 33.4 Å². The fraction of sp³-hybridized carbons (Fsp3) is 0.423. The first kappa shape index (κ1) is 26.4. The fourth-order valence-corrected chi connectivity index (χ4v) is 6.01. The Morgan fingerprint density at radius 2 is 1.76 bits per heavy atom. The number of fused-ring (bicyclic) bond motifs is 1. The average Bonchev–Trinajstić information content (AvgIpc) is 3.20. The summed E-state index contributed by atoms with van der Waals surface area (Å²) in [4.78, 5) is 16.1. The molecule has 2 aromatic carbocycles. The molecule has 0 spiro atoms. The van der Waals surface area contributed by atoms with Crippen LogP contribution in [0, 0.1) is 7.14 Å². The Kier molecular flexibility index (Phi) is 10.0. The number of benzene rings is 2. The van der Waals surface area contributed by atoms with E-state index in [0.29, 0.717) is 29.1 Å². The number of para-hydroxylation sites is 1. The van der Waals surface area contributed by atoms with Gasteiger partial charge in [-0.05, 0) is 82.9 Å². The molecule has 0 aliphatic rings. The molecule has 0 aliphatic carbocycles. The third kappa shape index (κ3) is 6.10. The van der Waals surface area contributed by atoms with Gasteiger partial charge in [0, 0.05) is 24.6 Å². The molecule has 0 bridgehead atoms. The van der Waals surface area contributed by atoms with Gasteiger partial charge in [0.1, 0.15) is 29.8 Å². The number of halogens is 2. The normalized spacial score (nSPS) is 12.5. The molecular weight excluding hydrogens is 644 g/mol. The molecule has 33 heavy (non-hydrogen) atoms. The molecule has 0 radical (unpaired) electrons. The Morgan fingerprint density at radius 1 is 1.09 bits per heavy atom. The zero-order valence-electron chi connectivity index (χ0n) is 19.6. The molecule has 3 rings (SSSR count). The third-order valence-electron chi connectivity index (χ3n) is 5.79. The van der Waals surface area contributed by atoms with Gasteiger partial charge < -0.3 is 18.8 Å². The topological polar surface area (TPSA) is 51.9 Å². The van der Waals surface area contributed by atoms with E-state index < -0.39 is 0 Å². The van der Waals surface area contributed by atoms with Crippen LogP contribution in [0.2, 0.25) is 0 Å². The highest BCUT2D eigenvalue weighted by molar-refractivity contribution is 14.1. The highest BCUT2D eigenvalue weighted by Gasteiger charge is 2.28. The van der Waals surface area contributed by atoms with Crippen LogP contribution in [0.1, 0.15) is 61.4 Å². The second kappa shape index (κ2) is 12.5. The summed E-state index contributed by atoms with van der Waals surface area (Å²) in [6.45, 7) is 9.90. The minimum absolute atomic E-state index is 0.0568. The van der Waals surface area contributed by atoms with Crippen molar-refractivity contribution < 1.29 is 18.7 Å². The number of carbonyl (C=O) groups is 1. The van der Waals surface area contributed by atoms with Gasteiger partial charge in [-0.2, -0.15) is 0 Å². The van der Waals surface area contributed by atoms with E-state index in [1.165, 1.54) is 0 Å². The summed E-state index contributed by atoms with van der Waals surface area (Å²) in [5.74, 6) is 1.38. The van der Waals surface area contributed by atoms with Crippen molar-refractivity contribution in [1.29, 1.82) is 0 Å². The van der Waals surface area contributed by atoms with Crippen molar-refractivity contribution >= 4 is 61.9 Å². The van der Waals surface area contributed by atoms with Crippen LogP contribution in [0.25, 0.3) is 11.0 Å². The molecule has 0 saturated carbocycles. The van der Waals surface area contributed by atoms with Crippen molar-refractivity contribution in [3.8, 4) is 5.75 Å². The lowest BCUT2D eigenvalue weighted by molar-refractivity contribution is 0.0753. The van der Waals surface area contributed by atoms with Crippen molar-refractivity contribution in [2.45, 2.75) is 39.7 Å². The maximum Gasteiger partial charge on any atom is 0.197 e. The molecule has 3 aromatic rings. The first-order valence-electron chi connectivity index (χ1n) is 11.4. The van der Waals surface area contributed by atoms with E-state index in [1.807, 2.05) is 36.4 Å². The lowest BCUT2D eigenvalue weighted by Gasteiger charge is -2.19. The number of hydrogen-bond acceptors (Lipinski definition) is 5. The Morgan fingerprint density at radius 3 is 2.36 bits per heavy atom. The molecule has 1 atom stereocenters. The number of methoxy groups -OCH3 is 1. The highest BCUT2D eigenvalue weighted by Crippen LogP contribution is 2.37. The van der Waals surface area contributed by atoms with E-state index in [-0.39, 0.29) is 11.9 Å². The summed E-state index contributed by atoms with van der Waals surface area (Å²) in [5.41, 5.74) is 1.92. The molecule has 0 saturated heterocycles. The maximum absolute atomic E-state index is 13.8. The SMILES string of the molecule is CCC[C@H](OC)c1oc2ccccc2c1C(=O)c1cc(I)c(OCCN(CC)CC)c(I)c1. The number of ether oxygens (including phenoxy) is 2. The molecule has 5 nitrogen and oxygen atoms in total. The van der Waals surface area contributed by atoms with Crippen LogP contribution in [0.15, 0.2) is 40.8 Å². The molecule has 0 amide bonds. The summed E-state index contributed by atoms with van der Waals surface area (Å²) >= 11 is 4.51. The zero-order valence-corrected chi connectivity index (χ0v) is 23.9. The van der Waals surface area contributed by atoms with Crippen molar-refractivity contribution in [1.82, 2.24) is 4.90 Å². The molecule has 1 aromatic heterocycles. The van der Waals surface area contributed by atoms with Crippen LogP contribution < -0.4 is 4.74 Å². The van der Waals surface area contributed by atoms with Crippen molar-refractivity contribution in [3.05, 3.63) is 60.4 Å². The lowest BCUT2D eigenvalue weighted by atomic mass is 9.97. The van der Waals surface area contributed by atoms with Crippen LogP contribution >= 0.6 is 45.2 Å². The van der Waals surface area contributed by atoms with Gasteiger partial charge in [0.15, 0.2) is 5.78 Å². The number of ketones is 1. The predicted molar refractivity (Wildman–Crippen MR) is 149 cm³/mol. The predicted octanol–water partition coefficient (Wildman–Crippen LogP) is 7.08. The first-order valence-corrected chi connectivity index (χ1v) is 13.5. The van der Waals surface area contributed by atoms with E-state index in [4.69, 9.17) is 13.9 Å². The van der Waals surface area contributed by atoms with Crippen LogP contribution in [0.4, 0.5) is 0 Å². The van der Waals surface area contributed by atoms with E-state index in [1.54, 1.807) is 7.11 Å². The van der Waals surface area contributed by atoms with Crippen molar-refractivity contribution in [3.63, 3.8) is 0 Å². The van der Waals surface area contributed by atoms with E-state index in [2.05, 4.69) is 70.9 Å². The largest absolute Gasteiger partial charge is 0.490 e. The summed E-state index contributed by atoms with van der Waals surface area (Å²) in [6, 6.07) is 11.5. The first-order chi connectivity index (χ1) is 15.9. The molecule has 0 fully saturated rings. The summed E-state index contributed by atoms with van der Waals surface area (Å²) in [5, 5.41) is 0.820. The smallest absolute Gasteiger partial charge is 0.197 e. The second-order valence-electron chi connectivity index (χ2n) is 7.82. The highest BCUT2D eigenvalue weighted by atomic mass is 127. The van der Waals surface area contributed by atoms with Gasteiger partial charge in [-0.15, -0.1) is 0 Å². The molecule has 7 heteroatoms. The Labute approximate surface area is 223 Å². The molecule has 0 N–H and O–H groups in total. The minimum atomic E-state index is -0.262. The van der Waals surface area contributed by atoms with Crippen LogP contribution in [-0.2, 0) is 4.74 Å². The van der Waals surface area contributed by atoms with Crippen LogP contribution in [-0.4, -0.2) is 44.0 Å². The van der Waals surface area contributed by atoms with Gasteiger partial charge in [-0.25, -0.2) is 0 Å². The Bertz CT molecular complexity index is 1070. The van der Waals surface area contributed by atoms with E-state index >= 15 is 0 Å². The van der Waals surface area contributed by atoms with Gasteiger partial charge in [0.05, 0.1) is 12.7 Å². The number of likely N-dealkylation sites (N-methyl/N-ethyl adjacent to an activating group) is 1. The molecule has 1 heterocycles. The van der Waals surface area contributed by atoms with Gasteiger partial charge in [-0.3, -0.25) is 4.79 Å². The summed E-state index contributed by atoms with van der Waals surface area (Å²) < 4.78 is 19.8. The Hall–Kier alpha value is -1.17. The van der Waals surface area contributed by atoms with Gasteiger partial charge >= 0.3 is 0 Å². The van der Waals surface area contributed by atoms with E-state index in [0.717, 1.165) is 50.8 Å². The van der Waals surface area contributed by atoms with Gasteiger partial charge in [0.2, 0.25) is 0 Å². The van der Waals surface area contributed by atoms with Gasteiger partial charge in [0.25, 0.3) is 0 Å². The minimum Gasteiger partial charge on any atom is -0.490 e.